The number of nitrogens with zero attached hydrogens (tertiary/aromatic N) is 3. The molecule has 0 saturated carbocycles. The Bertz CT molecular complexity index is 1110. The maximum atomic E-state index is 12.4. The Morgan fingerprint density at radius 1 is 0.929 bits per heavy atom. The van der Waals surface area contributed by atoms with Gasteiger partial charge in [-0.05, 0) is 24.3 Å². The lowest BCUT2D eigenvalue weighted by atomic mass is 10.1. The molecule has 4 aromatic rings. The van der Waals surface area contributed by atoms with Gasteiger partial charge in [-0.3, -0.25) is 9.97 Å². The van der Waals surface area contributed by atoms with Crippen molar-refractivity contribution in [2.75, 3.05) is 17.7 Å². The molecular formula is C21H17N5O2. The van der Waals surface area contributed by atoms with Crippen LogP contribution in [0, 0.1) is 0 Å². The Morgan fingerprint density at radius 2 is 1.71 bits per heavy atom. The van der Waals surface area contributed by atoms with E-state index < -0.39 is 6.03 Å². The fourth-order valence-corrected chi connectivity index (χ4v) is 2.73. The van der Waals surface area contributed by atoms with Crippen LogP contribution in [0.15, 0.2) is 73.2 Å². The van der Waals surface area contributed by atoms with Crippen molar-refractivity contribution in [1.29, 1.82) is 0 Å². The van der Waals surface area contributed by atoms with Gasteiger partial charge in [-0.25, -0.2) is 9.78 Å². The molecule has 7 nitrogen and oxygen atoms in total. The maximum Gasteiger partial charge on any atom is 0.323 e. The quantitative estimate of drug-likeness (QED) is 0.557. The number of methoxy groups -OCH3 is 1. The highest BCUT2D eigenvalue weighted by molar-refractivity contribution is 6.04. The fraction of sp³-hybridized carbons (Fsp3) is 0.0476. The summed E-state index contributed by atoms with van der Waals surface area (Å²) in [6.07, 6.45) is 4.86. The van der Waals surface area contributed by atoms with Crippen LogP contribution in [0.5, 0.6) is 5.75 Å². The molecule has 138 valence electrons. The van der Waals surface area contributed by atoms with Crippen molar-refractivity contribution in [2.24, 2.45) is 0 Å². The number of anilines is 2. The topological polar surface area (TPSA) is 89.0 Å². The van der Waals surface area contributed by atoms with Crippen LogP contribution < -0.4 is 15.4 Å². The van der Waals surface area contributed by atoms with E-state index >= 15 is 0 Å². The van der Waals surface area contributed by atoms with Crippen molar-refractivity contribution in [3.05, 3.63) is 73.2 Å². The third kappa shape index (κ3) is 3.73. The Kier molecular flexibility index (Phi) is 4.79. The van der Waals surface area contributed by atoms with E-state index in [4.69, 9.17) is 4.74 Å². The monoisotopic (exact) mass is 371 g/mol. The molecule has 0 aliphatic rings. The summed E-state index contributed by atoms with van der Waals surface area (Å²) in [4.78, 5) is 25.6. The van der Waals surface area contributed by atoms with Gasteiger partial charge in [0.15, 0.2) is 0 Å². The summed E-state index contributed by atoms with van der Waals surface area (Å²) in [6, 6.07) is 16.4. The smallest absolute Gasteiger partial charge is 0.323 e. The zero-order valence-corrected chi connectivity index (χ0v) is 15.1. The predicted molar refractivity (Wildman–Crippen MR) is 108 cm³/mol. The van der Waals surface area contributed by atoms with Crippen molar-refractivity contribution in [2.45, 2.75) is 0 Å². The Morgan fingerprint density at radius 3 is 2.46 bits per heavy atom. The molecule has 0 fully saturated rings. The molecule has 2 amide bonds. The SMILES string of the molecule is COc1ccc(NC(=O)Nc2cncc3ncc(-c4ccccc4)nc23)cc1. The molecule has 2 N–H and O–H groups in total. The molecule has 28 heavy (non-hydrogen) atoms. The van der Waals surface area contributed by atoms with Gasteiger partial charge >= 0.3 is 6.03 Å². The molecule has 0 atom stereocenters. The van der Waals surface area contributed by atoms with Crippen molar-refractivity contribution in [1.82, 2.24) is 15.0 Å². The summed E-state index contributed by atoms with van der Waals surface area (Å²) in [6.45, 7) is 0. The van der Waals surface area contributed by atoms with Gasteiger partial charge in [0.2, 0.25) is 0 Å². The van der Waals surface area contributed by atoms with E-state index in [9.17, 15) is 4.79 Å². The number of ether oxygens (including phenoxy) is 1. The predicted octanol–water partition coefficient (Wildman–Crippen LogP) is 4.34. The largest absolute Gasteiger partial charge is 0.497 e. The molecule has 2 heterocycles. The Balaban J connectivity index is 1.59. The van der Waals surface area contributed by atoms with Gasteiger partial charge in [0.25, 0.3) is 0 Å². The minimum Gasteiger partial charge on any atom is -0.497 e. The van der Waals surface area contributed by atoms with Crippen LogP contribution in [0.25, 0.3) is 22.3 Å². The average Bonchev–Trinajstić information content (AvgIpc) is 2.75. The fourth-order valence-electron chi connectivity index (χ4n) is 2.73. The number of hydrogen-bond donors (Lipinski definition) is 2. The van der Waals surface area contributed by atoms with Gasteiger partial charge in [-0.15, -0.1) is 0 Å². The summed E-state index contributed by atoms with van der Waals surface area (Å²) in [7, 11) is 1.59. The zero-order chi connectivity index (χ0) is 19.3. The van der Waals surface area contributed by atoms with Crippen LogP contribution in [0.1, 0.15) is 0 Å². The number of benzene rings is 2. The highest BCUT2D eigenvalue weighted by atomic mass is 16.5. The number of urea groups is 1. The molecule has 0 saturated heterocycles. The highest BCUT2D eigenvalue weighted by Crippen LogP contribution is 2.23. The van der Waals surface area contributed by atoms with Crippen LogP contribution in [0.4, 0.5) is 16.2 Å². The minimum absolute atomic E-state index is 0.397. The number of hydrogen-bond acceptors (Lipinski definition) is 5. The molecule has 4 rings (SSSR count). The average molecular weight is 371 g/mol. The molecule has 0 bridgehead atoms. The molecule has 0 unspecified atom stereocenters. The lowest BCUT2D eigenvalue weighted by molar-refractivity contribution is 0.262. The van der Waals surface area contributed by atoms with E-state index in [1.165, 1.54) is 0 Å². The second kappa shape index (κ2) is 7.71. The normalized spacial score (nSPS) is 10.5. The third-order valence-electron chi connectivity index (χ3n) is 4.12. The lowest BCUT2D eigenvalue weighted by Gasteiger charge is -2.10. The van der Waals surface area contributed by atoms with Gasteiger partial charge in [0, 0.05) is 11.3 Å². The van der Waals surface area contributed by atoms with Gasteiger partial charge in [-0.1, -0.05) is 30.3 Å². The number of amides is 2. The van der Waals surface area contributed by atoms with Crippen LogP contribution >= 0.6 is 0 Å². The molecule has 0 radical (unpaired) electrons. The first-order valence-corrected chi connectivity index (χ1v) is 8.61. The molecule has 0 aliphatic carbocycles. The highest BCUT2D eigenvalue weighted by Gasteiger charge is 2.10. The standard InChI is InChI=1S/C21H17N5O2/c1-28-16-9-7-15(8-10-16)24-21(27)26-19-12-22-11-18-20(19)25-17(13-23-18)14-5-3-2-4-6-14/h2-13H,1H3,(H2,24,26,27). The zero-order valence-electron chi connectivity index (χ0n) is 15.1. The van der Waals surface area contributed by atoms with E-state index in [2.05, 4.69) is 25.6 Å². The number of aromatic nitrogens is 3. The van der Waals surface area contributed by atoms with Gasteiger partial charge in [0.1, 0.15) is 16.8 Å². The molecular weight excluding hydrogens is 354 g/mol. The van der Waals surface area contributed by atoms with Crippen molar-refractivity contribution < 1.29 is 9.53 Å². The van der Waals surface area contributed by atoms with Crippen molar-refractivity contribution in [3.63, 3.8) is 0 Å². The Labute approximate surface area is 161 Å². The van der Waals surface area contributed by atoms with Gasteiger partial charge in [0.05, 0.1) is 37.1 Å². The lowest BCUT2D eigenvalue weighted by Crippen LogP contribution is -2.19. The van der Waals surface area contributed by atoms with E-state index in [1.807, 2.05) is 30.3 Å². The number of fused-ring (bicyclic) bond motifs is 1. The minimum atomic E-state index is -0.397. The first-order valence-electron chi connectivity index (χ1n) is 8.61. The van der Waals surface area contributed by atoms with Gasteiger partial charge < -0.3 is 15.4 Å². The van der Waals surface area contributed by atoms with Crippen LogP contribution in [0.2, 0.25) is 0 Å². The maximum absolute atomic E-state index is 12.4. The number of carbonyl (C=O) groups is 1. The van der Waals surface area contributed by atoms with Crippen LogP contribution in [-0.4, -0.2) is 28.1 Å². The first-order chi connectivity index (χ1) is 13.7. The molecule has 0 spiro atoms. The van der Waals surface area contributed by atoms with Crippen molar-refractivity contribution in [3.8, 4) is 17.0 Å². The third-order valence-corrected chi connectivity index (χ3v) is 4.12. The summed E-state index contributed by atoms with van der Waals surface area (Å²) < 4.78 is 5.11. The second-order valence-corrected chi connectivity index (χ2v) is 5.98. The summed E-state index contributed by atoms with van der Waals surface area (Å²) in [5, 5.41) is 5.57. The first kappa shape index (κ1) is 17.4. The van der Waals surface area contributed by atoms with E-state index in [0.29, 0.717) is 28.2 Å². The Hall–Kier alpha value is -4.00. The van der Waals surface area contributed by atoms with Crippen molar-refractivity contribution >= 4 is 28.4 Å². The van der Waals surface area contributed by atoms with E-state index in [0.717, 1.165) is 11.3 Å². The molecule has 7 heteroatoms. The van der Waals surface area contributed by atoms with Crippen LogP contribution in [-0.2, 0) is 0 Å². The summed E-state index contributed by atoms with van der Waals surface area (Å²) in [5.41, 5.74) is 3.96. The number of nitrogens with one attached hydrogen (secondary N) is 2. The van der Waals surface area contributed by atoms with Crippen LogP contribution in [0.3, 0.4) is 0 Å². The number of carbonyl (C=O) groups excluding carboxylic acids is 1. The van der Waals surface area contributed by atoms with E-state index in [1.54, 1.807) is 50.0 Å². The molecule has 2 aromatic heterocycles. The summed E-state index contributed by atoms with van der Waals surface area (Å²) >= 11 is 0. The number of pyridine rings is 1. The van der Waals surface area contributed by atoms with E-state index in [-0.39, 0.29) is 0 Å². The molecule has 0 aliphatic heterocycles. The second-order valence-electron chi connectivity index (χ2n) is 5.98. The van der Waals surface area contributed by atoms with Gasteiger partial charge in [-0.2, -0.15) is 0 Å². The summed E-state index contributed by atoms with van der Waals surface area (Å²) in [5.74, 6) is 0.716. The number of rotatable bonds is 4. The molecule has 2 aromatic carbocycles.